The molecule has 5 heteroatoms. The Morgan fingerprint density at radius 1 is 1.14 bits per heavy atom. The summed E-state index contributed by atoms with van der Waals surface area (Å²) < 4.78 is 0. The molecule has 0 spiro atoms. The molecule has 1 aromatic heterocycles. The number of carbonyl (C=O) groups is 1. The molecule has 3 rings (SSSR count). The molecule has 1 aliphatic rings. The first-order chi connectivity index (χ1) is 10.5. The van der Waals surface area contributed by atoms with Crippen molar-refractivity contribution in [3.63, 3.8) is 0 Å². The molecule has 1 amide bonds. The molecule has 5 nitrogen and oxygen atoms in total. The number of aromatic nitrogens is 2. The number of anilines is 2. The van der Waals surface area contributed by atoms with Crippen LogP contribution >= 0.6 is 0 Å². The molecule has 1 saturated carbocycles. The molecule has 0 aliphatic heterocycles. The Hall–Kier alpha value is -2.43. The monoisotopic (exact) mass is 296 g/mol. The van der Waals surface area contributed by atoms with Crippen molar-refractivity contribution in [1.82, 2.24) is 9.97 Å². The highest BCUT2D eigenvalue weighted by molar-refractivity contribution is 6.03. The van der Waals surface area contributed by atoms with Crippen LogP contribution in [0, 0.1) is 20.8 Å². The van der Waals surface area contributed by atoms with Crippen molar-refractivity contribution < 1.29 is 4.79 Å². The zero-order valence-electron chi connectivity index (χ0n) is 13.1. The van der Waals surface area contributed by atoms with Crippen LogP contribution in [0.4, 0.5) is 11.5 Å². The minimum atomic E-state index is -0.210. The Morgan fingerprint density at radius 3 is 2.64 bits per heavy atom. The Morgan fingerprint density at radius 2 is 1.91 bits per heavy atom. The largest absolute Gasteiger partial charge is 0.367 e. The summed E-state index contributed by atoms with van der Waals surface area (Å²) in [5.74, 6) is 1.11. The van der Waals surface area contributed by atoms with E-state index in [2.05, 4.69) is 20.6 Å². The average Bonchev–Trinajstić information content (AvgIpc) is 3.26. The van der Waals surface area contributed by atoms with Gasteiger partial charge in [-0.1, -0.05) is 12.1 Å². The number of amides is 1. The topological polar surface area (TPSA) is 66.9 Å². The third-order valence-electron chi connectivity index (χ3n) is 3.64. The summed E-state index contributed by atoms with van der Waals surface area (Å²) in [5, 5.41) is 6.24. The Kier molecular flexibility index (Phi) is 3.79. The van der Waals surface area contributed by atoms with Crippen LogP contribution in [0.1, 0.15) is 40.3 Å². The van der Waals surface area contributed by atoms with Crippen molar-refractivity contribution in [3.05, 3.63) is 46.9 Å². The van der Waals surface area contributed by atoms with Crippen LogP contribution in [0.15, 0.2) is 24.3 Å². The number of benzene rings is 1. The molecule has 1 fully saturated rings. The van der Waals surface area contributed by atoms with E-state index in [0.29, 0.717) is 17.6 Å². The van der Waals surface area contributed by atoms with Crippen LogP contribution < -0.4 is 10.6 Å². The van der Waals surface area contributed by atoms with E-state index in [9.17, 15) is 4.79 Å². The maximum absolute atomic E-state index is 12.5. The molecule has 0 saturated heterocycles. The lowest BCUT2D eigenvalue weighted by molar-refractivity contribution is 0.102. The molecule has 114 valence electrons. The van der Waals surface area contributed by atoms with Gasteiger partial charge in [0, 0.05) is 17.8 Å². The second-order valence-electron chi connectivity index (χ2n) is 5.88. The van der Waals surface area contributed by atoms with Crippen molar-refractivity contribution in [2.75, 3.05) is 10.6 Å². The number of nitrogens with one attached hydrogen (secondary N) is 2. The summed E-state index contributed by atoms with van der Waals surface area (Å²) in [7, 11) is 0. The molecule has 1 aliphatic carbocycles. The standard InChI is InChI=1S/C17H20N4O/c1-10-4-5-11(2)14(8-10)21-17(22)15-9-16(19-12(3)18-15)20-13-6-7-13/h4-5,8-9,13H,6-7H2,1-3H3,(H,21,22)(H,18,19,20). The van der Waals surface area contributed by atoms with Gasteiger partial charge in [-0.25, -0.2) is 9.97 Å². The van der Waals surface area contributed by atoms with Crippen LogP contribution in [0.2, 0.25) is 0 Å². The number of nitrogens with zero attached hydrogens (tertiary/aromatic N) is 2. The van der Waals surface area contributed by atoms with Crippen LogP contribution in [-0.4, -0.2) is 21.9 Å². The first-order valence-corrected chi connectivity index (χ1v) is 7.52. The van der Waals surface area contributed by atoms with Crippen molar-refractivity contribution in [1.29, 1.82) is 0 Å². The van der Waals surface area contributed by atoms with Gasteiger partial charge in [0.15, 0.2) is 0 Å². The fraction of sp³-hybridized carbons (Fsp3) is 0.353. The lowest BCUT2D eigenvalue weighted by Gasteiger charge is -2.10. The minimum Gasteiger partial charge on any atom is -0.367 e. The first kappa shape index (κ1) is 14.5. The van der Waals surface area contributed by atoms with Crippen molar-refractivity contribution in [2.24, 2.45) is 0 Å². The van der Waals surface area contributed by atoms with E-state index in [4.69, 9.17) is 0 Å². The predicted octanol–water partition coefficient (Wildman–Crippen LogP) is 3.23. The van der Waals surface area contributed by atoms with Crippen molar-refractivity contribution in [3.8, 4) is 0 Å². The Labute approximate surface area is 130 Å². The van der Waals surface area contributed by atoms with E-state index < -0.39 is 0 Å². The lowest BCUT2D eigenvalue weighted by Crippen LogP contribution is -2.16. The van der Waals surface area contributed by atoms with Crippen LogP contribution in [0.25, 0.3) is 0 Å². The fourth-order valence-corrected chi connectivity index (χ4v) is 2.25. The van der Waals surface area contributed by atoms with Gasteiger partial charge < -0.3 is 10.6 Å². The molecule has 0 bridgehead atoms. The van der Waals surface area contributed by atoms with Gasteiger partial charge in [0.05, 0.1) is 0 Å². The number of carbonyl (C=O) groups excluding carboxylic acids is 1. The van der Waals surface area contributed by atoms with Gasteiger partial charge in [0.1, 0.15) is 17.3 Å². The van der Waals surface area contributed by atoms with Crippen LogP contribution in [0.5, 0.6) is 0 Å². The van der Waals surface area contributed by atoms with Gasteiger partial charge in [-0.05, 0) is 50.8 Å². The van der Waals surface area contributed by atoms with Gasteiger partial charge in [0.25, 0.3) is 5.91 Å². The lowest BCUT2D eigenvalue weighted by atomic mass is 10.1. The van der Waals surface area contributed by atoms with Crippen LogP contribution in [0.3, 0.4) is 0 Å². The zero-order chi connectivity index (χ0) is 15.7. The highest BCUT2D eigenvalue weighted by atomic mass is 16.1. The van der Waals surface area contributed by atoms with Gasteiger partial charge in [-0.2, -0.15) is 0 Å². The highest BCUT2D eigenvalue weighted by Crippen LogP contribution is 2.24. The number of hydrogen-bond acceptors (Lipinski definition) is 4. The number of hydrogen-bond donors (Lipinski definition) is 2. The van der Waals surface area contributed by atoms with Crippen molar-refractivity contribution in [2.45, 2.75) is 39.7 Å². The third kappa shape index (κ3) is 3.42. The maximum atomic E-state index is 12.5. The average molecular weight is 296 g/mol. The molecule has 2 N–H and O–H groups in total. The molecule has 0 unspecified atom stereocenters. The molecule has 0 atom stereocenters. The predicted molar refractivity (Wildman–Crippen MR) is 87.3 cm³/mol. The first-order valence-electron chi connectivity index (χ1n) is 7.52. The Bertz CT molecular complexity index is 723. The number of rotatable bonds is 4. The Balaban J connectivity index is 1.81. The summed E-state index contributed by atoms with van der Waals surface area (Å²) in [6, 6.07) is 8.19. The van der Waals surface area contributed by atoms with Gasteiger partial charge >= 0.3 is 0 Å². The van der Waals surface area contributed by atoms with E-state index in [1.807, 2.05) is 32.0 Å². The third-order valence-corrected chi connectivity index (χ3v) is 3.64. The van der Waals surface area contributed by atoms with E-state index in [1.165, 1.54) is 0 Å². The summed E-state index contributed by atoms with van der Waals surface area (Å²) in [4.78, 5) is 21.0. The highest BCUT2D eigenvalue weighted by Gasteiger charge is 2.22. The molecule has 0 radical (unpaired) electrons. The molecular weight excluding hydrogens is 276 g/mol. The van der Waals surface area contributed by atoms with E-state index >= 15 is 0 Å². The SMILES string of the molecule is Cc1ccc(C)c(NC(=O)c2cc(NC3CC3)nc(C)n2)c1. The zero-order valence-corrected chi connectivity index (χ0v) is 13.1. The molecular formula is C17H20N4O. The van der Waals surface area contributed by atoms with Crippen LogP contribution in [-0.2, 0) is 0 Å². The smallest absolute Gasteiger partial charge is 0.274 e. The second kappa shape index (κ2) is 5.75. The number of aryl methyl sites for hydroxylation is 3. The molecule has 22 heavy (non-hydrogen) atoms. The second-order valence-corrected chi connectivity index (χ2v) is 5.88. The van der Waals surface area contributed by atoms with Gasteiger partial charge in [0.2, 0.25) is 0 Å². The van der Waals surface area contributed by atoms with Gasteiger partial charge in [-0.15, -0.1) is 0 Å². The minimum absolute atomic E-state index is 0.210. The summed E-state index contributed by atoms with van der Waals surface area (Å²) >= 11 is 0. The summed E-state index contributed by atoms with van der Waals surface area (Å²) in [5.41, 5.74) is 3.34. The van der Waals surface area contributed by atoms with E-state index in [-0.39, 0.29) is 5.91 Å². The van der Waals surface area contributed by atoms with E-state index in [1.54, 1.807) is 13.0 Å². The normalized spacial score (nSPS) is 13.8. The molecule has 2 aromatic rings. The summed E-state index contributed by atoms with van der Waals surface area (Å²) in [6.45, 7) is 5.77. The fourth-order valence-electron chi connectivity index (χ4n) is 2.25. The molecule has 1 heterocycles. The van der Waals surface area contributed by atoms with Gasteiger partial charge in [-0.3, -0.25) is 4.79 Å². The maximum Gasteiger partial charge on any atom is 0.274 e. The van der Waals surface area contributed by atoms with Crippen molar-refractivity contribution >= 4 is 17.4 Å². The van der Waals surface area contributed by atoms with E-state index in [0.717, 1.165) is 35.5 Å². The molecule has 1 aromatic carbocycles. The summed E-state index contributed by atoms with van der Waals surface area (Å²) in [6.07, 6.45) is 2.32. The quantitative estimate of drug-likeness (QED) is 0.909.